The molecule has 0 aliphatic carbocycles. The number of nitrogens with zero attached hydrogens (tertiary/aromatic N) is 2. The van der Waals surface area contributed by atoms with E-state index in [0.29, 0.717) is 23.7 Å². The first-order valence-electron chi connectivity index (χ1n) is 7.17. The van der Waals surface area contributed by atoms with Crippen molar-refractivity contribution in [2.45, 2.75) is 33.2 Å². The lowest BCUT2D eigenvalue weighted by Crippen LogP contribution is -2.33. The van der Waals surface area contributed by atoms with E-state index in [1.165, 1.54) is 0 Å². The van der Waals surface area contributed by atoms with Crippen molar-refractivity contribution in [2.24, 2.45) is 5.73 Å². The lowest BCUT2D eigenvalue weighted by Gasteiger charge is -2.28. The topological polar surface area (TPSA) is 86.9 Å². The number of hydroxylamine groups is 2. The fourth-order valence-electron chi connectivity index (χ4n) is 2.08. The molecule has 1 fully saturated rings. The predicted molar refractivity (Wildman–Crippen MR) is 81.2 cm³/mol. The third-order valence-corrected chi connectivity index (χ3v) is 3.21. The number of primary amides is 1. The molecule has 1 aliphatic heterocycles. The Morgan fingerprint density at radius 3 is 2.24 bits per heavy atom. The van der Waals surface area contributed by atoms with Crippen LogP contribution in [0, 0.1) is 0 Å². The second kappa shape index (κ2) is 8.26. The minimum absolute atomic E-state index is 0.0636. The SMILES string of the molecule is CC.NC(=O)N(O)Cc1ccc(N2CCC(=O)CC2)cc1. The molecule has 1 aliphatic rings. The van der Waals surface area contributed by atoms with Crippen LogP contribution in [-0.4, -0.2) is 35.2 Å². The highest BCUT2D eigenvalue weighted by Crippen LogP contribution is 2.19. The Kier molecular flexibility index (Phi) is 6.68. The van der Waals surface area contributed by atoms with Gasteiger partial charge in [0.1, 0.15) is 5.78 Å². The molecule has 1 heterocycles. The maximum Gasteiger partial charge on any atom is 0.338 e. The van der Waals surface area contributed by atoms with Gasteiger partial charge in [-0.1, -0.05) is 26.0 Å². The number of hydrogen-bond donors (Lipinski definition) is 2. The smallest absolute Gasteiger partial charge is 0.338 e. The molecule has 6 nitrogen and oxygen atoms in total. The summed E-state index contributed by atoms with van der Waals surface area (Å²) in [5, 5.41) is 9.70. The summed E-state index contributed by atoms with van der Waals surface area (Å²) in [7, 11) is 0. The van der Waals surface area contributed by atoms with Crippen molar-refractivity contribution in [1.29, 1.82) is 0 Å². The molecule has 0 saturated carbocycles. The lowest BCUT2D eigenvalue weighted by molar-refractivity contribution is -0.119. The minimum atomic E-state index is -0.876. The molecule has 1 aromatic carbocycles. The maximum atomic E-state index is 11.2. The van der Waals surface area contributed by atoms with E-state index in [0.717, 1.165) is 24.3 Å². The second-order valence-corrected chi connectivity index (χ2v) is 4.59. The zero-order valence-electron chi connectivity index (χ0n) is 12.6. The molecule has 0 atom stereocenters. The Hall–Kier alpha value is -2.08. The summed E-state index contributed by atoms with van der Waals surface area (Å²) >= 11 is 0. The third-order valence-electron chi connectivity index (χ3n) is 3.21. The van der Waals surface area contributed by atoms with Crippen LogP contribution in [0.25, 0.3) is 0 Å². The van der Waals surface area contributed by atoms with Crippen molar-refractivity contribution in [2.75, 3.05) is 18.0 Å². The molecule has 0 unspecified atom stereocenters. The van der Waals surface area contributed by atoms with E-state index in [4.69, 9.17) is 5.73 Å². The summed E-state index contributed by atoms with van der Waals surface area (Å²) in [6.07, 6.45) is 1.18. The molecule has 1 aromatic rings. The van der Waals surface area contributed by atoms with Crippen LogP contribution >= 0.6 is 0 Å². The summed E-state index contributed by atoms with van der Waals surface area (Å²) in [4.78, 5) is 24.0. The van der Waals surface area contributed by atoms with Crippen molar-refractivity contribution >= 4 is 17.5 Å². The highest BCUT2D eigenvalue weighted by Gasteiger charge is 2.16. The minimum Gasteiger partial charge on any atom is -0.371 e. The molecule has 0 radical (unpaired) electrons. The van der Waals surface area contributed by atoms with Crippen molar-refractivity contribution < 1.29 is 14.8 Å². The average Bonchev–Trinajstić information content (AvgIpc) is 2.51. The van der Waals surface area contributed by atoms with Crippen LogP contribution in [-0.2, 0) is 11.3 Å². The molecular weight excluding hydrogens is 270 g/mol. The van der Waals surface area contributed by atoms with Gasteiger partial charge in [-0.05, 0) is 17.7 Å². The van der Waals surface area contributed by atoms with E-state index in [1.807, 2.05) is 38.1 Å². The van der Waals surface area contributed by atoms with E-state index in [1.54, 1.807) is 0 Å². The first kappa shape index (κ1) is 17.0. The number of carbonyl (C=O) groups excluding carboxylic acids is 2. The van der Waals surface area contributed by atoms with Gasteiger partial charge in [0, 0.05) is 31.6 Å². The number of benzene rings is 1. The first-order valence-corrected chi connectivity index (χ1v) is 7.17. The zero-order valence-corrected chi connectivity index (χ0v) is 12.6. The van der Waals surface area contributed by atoms with Crippen LogP contribution in [0.5, 0.6) is 0 Å². The molecule has 6 heteroatoms. The fraction of sp³-hybridized carbons (Fsp3) is 0.467. The summed E-state index contributed by atoms with van der Waals surface area (Å²) in [6, 6.07) is 6.62. The molecular formula is C15H23N3O3. The van der Waals surface area contributed by atoms with Crippen LogP contribution in [0.15, 0.2) is 24.3 Å². The number of anilines is 1. The van der Waals surface area contributed by atoms with Crippen LogP contribution < -0.4 is 10.6 Å². The molecule has 3 N–H and O–H groups in total. The number of piperidine rings is 1. The van der Waals surface area contributed by atoms with Crippen LogP contribution in [0.2, 0.25) is 0 Å². The van der Waals surface area contributed by atoms with Crippen LogP contribution in [0.3, 0.4) is 0 Å². The van der Waals surface area contributed by atoms with Gasteiger partial charge >= 0.3 is 6.03 Å². The first-order chi connectivity index (χ1) is 10.1. The Labute approximate surface area is 125 Å². The van der Waals surface area contributed by atoms with Gasteiger partial charge in [-0.2, -0.15) is 0 Å². The average molecular weight is 293 g/mol. The van der Waals surface area contributed by atoms with E-state index in [9.17, 15) is 14.8 Å². The Morgan fingerprint density at radius 1 is 1.24 bits per heavy atom. The van der Waals surface area contributed by atoms with Crippen molar-refractivity contribution in [3.63, 3.8) is 0 Å². The van der Waals surface area contributed by atoms with Crippen molar-refractivity contribution in [1.82, 2.24) is 5.06 Å². The third kappa shape index (κ3) is 5.07. The van der Waals surface area contributed by atoms with Gasteiger partial charge in [-0.25, -0.2) is 9.86 Å². The number of ketones is 1. The number of carbonyl (C=O) groups is 2. The number of amides is 2. The zero-order chi connectivity index (χ0) is 15.8. The second-order valence-electron chi connectivity index (χ2n) is 4.59. The quantitative estimate of drug-likeness (QED) is 0.660. The number of hydrogen-bond acceptors (Lipinski definition) is 4. The Morgan fingerprint density at radius 2 is 1.76 bits per heavy atom. The molecule has 0 bridgehead atoms. The molecule has 2 amide bonds. The Bertz CT molecular complexity index is 464. The highest BCUT2D eigenvalue weighted by atomic mass is 16.5. The summed E-state index contributed by atoms with van der Waals surface area (Å²) in [5.74, 6) is 0.310. The predicted octanol–water partition coefficient (Wildman–Crippen LogP) is 2.15. The van der Waals surface area contributed by atoms with Crippen molar-refractivity contribution in [3.05, 3.63) is 29.8 Å². The normalized spacial score (nSPS) is 14.2. The molecule has 116 valence electrons. The molecule has 1 saturated heterocycles. The molecule has 0 aromatic heterocycles. The maximum absolute atomic E-state index is 11.2. The van der Waals surface area contributed by atoms with Gasteiger partial charge in [-0.3, -0.25) is 10.0 Å². The largest absolute Gasteiger partial charge is 0.371 e. The Balaban J connectivity index is 0.00000106. The fourth-order valence-corrected chi connectivity index (χ4v) is 2.08. The monoisotopic (exact) mass is 293 g/mol. The van der Waals surface area contributed by atoms with E-state index in [2.05, 4.69) is 4.90 Å². The van der Waals surface area contributed by atoms with E-state index >= 15 is 0 Å². The van der Waals surface area contributed by atoms with Gasteiger partial charge in [0.25, 0.3) is 0 Å². The molecule has 2 rings (SSSR count). The lowest BCUT2D eigenvalue weighted by atomic mass is 10.1. The van der Waals surface area contributed by atoms with Gasteiger partial charge < -0.3 is 10.6 Å². The van der Waals surface area contributed by atoms with Gasteiger partial charge in [-0.15, -0.1) is 0 Å². The van der Waals surface area contributed by atoms with E-state index < -0.39 is 6.03 Å². The summed E-state index contributed by atoms with van der Waals surface area (Å²) in [5.41, 5.74) is 6.77. The number of rotatable bonds is 3. The molecule has 0 spiro atoms. The van der Waals surface area contributed by atoms with Crippen LogP contribution in [0.1, 0.15) is 32.3 Å². The summed E-state index contributed by atoms with van der Waals surface area (Å²) < 4.78 is 0. The standard InChI is InChI=1S/C13H17N3O3.C2H6/c14-13(18)16(19)9-10-1-3-11(4-2-10)15-7-5-12(17)6-8-15;1-2/h1-4,19H,5-9H2,(H2,14,18);1-2H3. The van der Waals surface area contributed by atoms with Gasteiger partial charge in [0.2, 0.25) is 0 Å². The van der Waals surface area contributed by atoms with Gasteiger partial charge in [0.05, 0.1) is 6.54 Å². The highest BCUT2D eigenvalue weighted by molar-refractivity contribution is 5.81. The van der Waals surface area contributed by atoms with Gasteiger partial charge in [0.15, 0.2) is 0 Å². The van der Waals surface area contributed by atoms with E-state index in [-0.39, 0.29) is 6.54 Å². The van der Waals surface area contributed by atoms with Crippen molar-refractivity contribution in [3.8, 4) is 0 Å². The number of Topliss-reactive ketones (excluding diaryl/α,β-unsaturated/α-hetero) is 1. The summed E-state index contributed by atoms with van der Waals surface area (Å²) in [6.45, 7) is 5.55. The number of urea groups is 1. The molecule has 21 heavy (non-hydrogen) atoms. The number of nitrogens with two attached hydrogens (primary N) is 1. The van der Waals surface area contributed by atoms with Crippen LogP contribution in [0.4, 0.5) is 10.5 Å².